The molecule has 65 heavy (non-hydrogen) atoms. The summed E-state index contributed by atoms with van der Waals surface area (Å²) in [5.74, 6) is -2.21. The molecule has 4 aromatic heterocycles. The molecule has 0 fully saturated rings. The third-order valence-corrected chi connectivity index (χ3v) is 9.56. The van der Waals surface area contributed by atoms with Gasteiger partial charge < -0.3 is 41.4 Å². The van der Waals surface area contributed by atoms with Gasteiger partial charge in [-0.25, -0.2) is 18.4 Å². The molecule has 6 amide bonds. The Morgan fingerprint density at radius 1 is 0.569 bits per heavy atom. The van der Waals surface area contributed by atoms with Gasteiger partial charge >= 0.3 is 12.1 Å². The smallest absolute Gasteiger partial charge is 0.323 e. The van der Waals surface area contributed by atoms with Crippen LogP contribution in [-0.2, 0) is 14.1 Å². The summed E-state index contributed by atoms with van der Waals surface area (Å²) in [4.78, 5) is 56.1. The summed E-state index contributed by atoms with van der Waals surface area (Å²) in [6, 6.07) is 21.7. The van der Waals surface area contributed by atoms with E-state index in [1.807, 2.05) is 26.2 Å². The zero-order chi connectivity index (χ0) is 46.2. The van der Waals surface area contributed by atoms with Gasteiger partial charge in [-0.2, -0.15) is 10.2 Å². The standard InChI is InChI=1S/C22H18ClFN6O3.C22H19FN6O3/c1-25-21(31)18-10-15(5-6-26-18)33-20-16(23)8-14(9-17(20)24)29-22(32)28-13-3-4-19-12(7-13)11-27-30(19)2;1-24-21(30)18-11-16(7-8-25-18)32-20-10-15(3-5-17(20)23)28-22(31)27-14-4-6-19-13(9-14)12-26-29(19)2/h3-11H,1-2H3,(H,25,31)(H2,28,29,32);3-12H,1-2H3,(H,24,30)(H2,27,28,31). The van der Waals surface area contributed by atoms with Crippen LogP contribution in [0.1, 0.15) is 21.0 Å². The van der Waals surface area contributed by atoms with Gasteiger partial charge in [0.15, 0.2) is 23.1 Å². The molecule has 0 aliphatic carbocycles. The van der Waals surface area contributed by atoms with Crippen LogP contribution in [-0.4, -0.2) is 67.5 Å². The van der Waals surface area contributed by atoms with Gasteiger partial charge in [-0.3, -0.25) is 28.9 Å². The van der Waals surface area contributed by atoms with Gasteiger partial charge in [-0.05, 0) is 66.7 Å². The molecular formula is C44H37ClF2N12O6. The predicted octanol–water partition coefficient (Wildman–Crippen LogP) is 8.46. The zero-order valence-electron chi connectivity index (χ0n) is 34.7. The highest BCUT2D eigenvalue weighted by atomic mass is 35.5. The van der Waals surface area contributed by atoms with E-state index < -0.39 is 35.5 Å². The van der Waals surface area contributed by atoms with Crippen LogP contribution in [0.2, 0.25) is 5.02 Å². The molecule has 0 radical (unpaired) electrons. The number of anilines is 4. The summed E-state index contributed by atoms with van der Waals surface area (Å²) in [6.45, 7) is 0. The van der Waals surface area contributed by atoms with Gasteiger partial charge in [0.2, 0.25) is 0 Å². The summed E-state index contributed by atoms with van der Waals surface area (Å²) in [5.41, 5.74) is 3.67. The van der Waals surface area contributed by atoms with Gasteiger partial charge in [0.05, 0.1) is 28.4 Å². The lowest BCUT2D eigenvalue weighted by atomic mass is 10.2. The van der Waals surface area contributed by atoms with Gasteiger partial charge in [-0.15, -0.1) is 0 Å². The van der Waals surface area contributed by atoms with Crippen LogP contribution in [0.15, 0.2) is 116 Å². The first-order valence-corrected chi connectivity index (χ1v) is 19.6. The number of hydrogen-bond donors (Lipinski definition) is 6. The Morgan fingerprint density at radius 3 is 1.55 bits per heavy atom. The highest BCUT2D eigenvalue weighted by Gasteiger charge is 2.17. The molecule has 4 heterocycles. The maximum absolute atomic E-state index is 14.7. The highest BCUT2D eigenvalue weighted by Crippen LogP contribution is 2.35. The fourth-order valence-corrected chi connectivity index (χ4v) is 6.40. The minimum absolute atomic E-state index is 0.0691. The van der Waals surface area contributed by atoms with Crippen molar-refractivity contribution in [1.29, 1.82) is 0 Å². The molecule has 8 aromatic rings. The van der Waals surface area contributed by atoms with E-state index in [1.165, 1.54) is 75.0 Å². The predicted molar refractivity (Wildman–Crippen MR) is 240 cm³/mol. The summed E-state index contributed by atoms with van der Waals surface area (Å²) >= 11 is 6.18. The number of pyridine rings is 2. The van der Waals surface area contributed by atoms with Crippen molar-refractivity contribution in [3.05, 3.63) is 144 Å². The lowest BCUT2D eigenvalue weighted by Gasteiger charge is -2.12. The maximum atomic E-state index is 14.7. The number of nitrogens with one attached hydrogen (secondary N) is 6. The fourth-order valence-electron chi connectivity index (χ4n) is 6.16. The van der Waals surface area contributed by atoms with Crippen molar-refractivity contribution < 1.29 is 37.4 Å². The molecule has 0 saturated heterocycles. The highest BCUT2D eigenvalue weighted by molar-refractivity contribution is 6.32. The number of urea groups is 2. The summed E-state index contributed by atoms with van der Waals surface area (Å²) in [7, 11) is 6.60. The van der Waals surface area contributed by atoms with Crippen molar-refractivity contribution in [3.8, 4) is 23.0 Å². The number of nitrogens with zero attached hydrogens (tertiary/aromatic N) is 6. The van der Waals surface area contributed by atoms with E-state index in [2.05, 4.69) is 52.1 Å². The van der Waals surface area contributed by atoms with Gasteiger partial charge in [0.1, 0.15) is 22.9 Å². The minimum Gasteiger partial charge on any atom is -0.454 e. The summed E-state index contributed by atoms with van der Waals surface area (Å²) in [5, 5.41) is 25.5. The molecule has 6 N–H and O–H groups in total. The van der Waals surface area contributed by atoms with Crippen LogP contribution in [0.5, 0.6) is 23.0 Å². The lowest BCUT2D eigenvalue weighted by molar-refractivity contribution is 0.0950. The number of halogens is 3. The van der Waals surface area contributed by atoms with Crippen molar-refractivity contribution in [2.24, 2.45) is 14.1 Å². The number of fused-ring (bicyclic) bond motifs is 2. The monoisotopic (exact) mass is 902 g/mol. The zero-order valence-corrected chi connectivity index (χ0v) is 35.5. The number of rotatable bonds is 10. The molecule has 4 aromatic carbocycles. The number of aromatic nitrogens is 6. The molecule has 18 nitrogen and oxygen atoms in total. The summed E-state index contributed by atoms with van der Waals surface area (Å²) in [6.07, 6.45) is 6.13. The van der Waals surface area contributed by atoms with E-state index >= 15 is 0 Å². The Hall–Kier alpha value is -8.65. The second kappa shape index (κ2) is 19.6. The second-order valence-electron chi connectivity index (χ2n) is 13.8. The van der Waals surface area contributed by atoms with E-state index in [0.717, 1.165) is 27.9 Å². The largest absolute Gasteiger partial charge is 0.454 e. The number of carbonyl (C=O) groups is 4. The van der Waals surface area contributed by atoms with E-state index in [4.69, 9.17) is 21.1 Å². The fraction of sp³-hybridized carbons (Fsp3) is 0.0909. The van der Waals surface area contributed by atoms with Crippen molar-refractivity contribution in [2.75, 3.05) is 35.4 Å². The topological polar surface area (TPSA) is 220 Å². The Labute approximate surface area is 372 Å². The number of carbonyl (C=O) groups excluding carboxylic acids is 4. The molecule has 0 saturated carbocycles. The molecule has 0 atom stereocenters. The first-order chi connectivity index (χ1) is 31.3. The van der Waals surface area contributed by atoms with Gasteiger partial charge in [0.25, 0.3) is 11.8 Å². The quantitative estimate of drug-likeness (QED) is 0.0769. The molecule has 0 spiro atoms. The van der Waals surface area contributed by atoms with Crippen molar-refractivity contribution in [2.45, 2.75) is 0 Å². The SMILES string of the molecule is CNC(=O)c1cc(Oc2c(F)cc(NC(=O)Nc3ccc4c(cnn4C)c3)cc2Cl)ccn1.CNC(=O)c1cc(Oc2cc(NC(=O)Nc3ccc4c(cnn4C)c3)ccc2F)ccn1. The van der Waals surface area contributed by atoms with Crippen LogP contribution in [0, 0.1) is 11.6 Å². The van der Waals surface area contributed by atoms with Gasteiger partial charge in [0, 0.05) is 98.4 Å². The second-order valence-corrected chi connectivity index (χ2v) is 14.2. The van der Waals surface area contributed by atoms with Crippen LogP contribution < -0.4 is 41.4 Å². The van der Waals surface area contributed by atoms with E-state index in [-0.39, 0.29) is 45.1 Å². The summed E-state index contributed by atoms with van der Waals surface area (Å²) < 4.78 is 43.5. The first kappa shape index (κ1) is 44.4. The molecule has 0 aliphatic heterocycles. The van der Waals surface area contributed by atoms with E-state index in [1.54, 1.807) is 46.0 Å². The normalized spacial score (nSPS) is 10.6. The number of hydrogen-bond acceptors (Lipinski definition) is 10. The maximum Gasteiger partial charge on any atom is 0.323 e. The Balaban J connectivity index is 0.000000194. The van der Waals surface area contributed by atoms with Crippen LogP contribution in [0.4, 0.5) is 41.1 Å². The van der Waals surface area contributed by atoms with Gasteiger partial charge in [-0.1, -0.05) is 11.6 Å². The van der Waals surface area contributed by atoms with E-state index in [9.17, 15) is 28.0 Å². The first-order valence-electron chi connectivity index (χ1n) is 19.3. The molecule has 8 rings (SSSR count). The third-order valence-electron chi connectivity index (χ3n) is 9.28. The Kier molecular flexibility index (Phi) is 13.4. The number of benzene rings is 4. The Morgan fingerprint density at radius 2 is 1.05 bits per heavy atom. The number of aryl methyl sites for hydroxylation is 2. The van der Waals surface area contributed by atoms with Crippen molar-refractivity contribution >= 4 is 80.0 Å². The molecule has 330 valence electrons. The van der Waals surface area contributed by atoms with Crippen molar-refractivity contribution in [3.63, 3.8) is 0 Å². The Bertz CT molecular complexity index is 3080. The molecule has 0 bridgehead atoms. The third kappa shape index (κ3) is 10.9. The molecule has 0 unspecified atom stereocenters. The molecule has 21 heteroatoms. The average molecular weight is 903 g/mol. The molecule has 0 aliphatic rings. The average Bonchev–Trinajstić information content (AvgIpc) is 3.85. The van der Waals surface area contributed by atoms with Crippen molar-refractivity contribution in [1.82, 2.24) is 40.2 Å². The number of ether oxygens (including phenoxy) is 2. The van der Waals surface area contributed by atoms with Crippen LogP contribution in [0.25, 0.3) is 21.8 Å². The lowest BCUT2D eigenvalue weighted by Crippen LogP contribution is -2.19. The minimum atomic E-state index is -0.798. The van der Waals surface area contributed by atoms with E-state index in [0.29, 0.717) is 17.1 Å². The van der Waals surface area contributed by atoms with Crippen LogP contribution in [0.3, 0.4) is 0 Å². The molecular weight excluding hydrogens is 866 g/mol. The number of amides is 6. The van der Waals surface area contributed by atoms with Crippen LogP contribution >= 0.6 is 11.6 Å².